The third-order valence-corrected chi connectivity index (χ3v) is 7.65. The van der Waals surface area contributed by atoms with Crippen LogP contribution in [-0.2, 0) is 21.4 Å². The number of nitro benzene ring substituents is 1. The first-order chi connectivity index (χ1) is 18.2. The molecule has 0 radical (unpaired) electrons. The number of hydrazone groups is 1. The van der Waals surface area contributed by atoms with Crippen LogP contribution in [-0.4, -0.2) is 50.0 Å². The molecule has 0 aliphatic rings. The zero-order valence-corrected chi connectivity index (χ0v) is 22.0. The topological polar surface area (TPSA) is 140 Å². The zero-order chi connectivity index (χ0) is 27.7. The van der Waals surface area contributed by atoms with Crippen molar-refractivity contribution in [3.8, 4) is 5.75 Å². The second kappa shape index (κ2) is 12.8. The van der Waals surface area contributed by atoms with Crippen molar-refractivity contribution in [2.45, 2.75) is 25.3 Å². The summed E-state index contributed by atoms with van der Waals surface area (Å²) in [5, 5.41) is 15.3. The molecule has 3 aromatic carbocycles. The molecule has 3 aromatic rings. The first kappa shape index (κ1) is 28.3. The van der Waals surface area contributed by atoms with E-state index in [0.29, 0.717) is 23.5 Å². The Balaban J connectivity index is 1.68. The Labute approximate surface area is 220 Å². The van der Waals surface area contributed by atoms with Gasteiger partial charge in [-0.05, 0) is 53.6 Å². The number of anilines is 1. The Hall–Kier alpha value is -4.29. The van der Waals surface area contributed by atoms with E-state index in [1.165, 1.54) is 29.8 Å². The van der Waals surface area contributed by atoms with Crippen LogP contribution < -0.4 is 10.2 Å². The van der Waals surface area contributed by atoms with E-state index in [0.717, 1.165) is 11.6 Å². The van der Waals surface area contributed by atoms with Gasteiger partial charge in [-0.1, -0.05) is 26.0 Å². The van der Waals surface area contributed by atoms with Crippen LogP contribution in [0.3, 0.4) is 0 Å². The highest BCUT2D eigenvalue weighted by molar-refractivity contribution is 7.89. The van der Waals surface area contributed by atoms with E-state index >= 15 is 0 Å². The Bertz CT molecular complexity index is 1400. The van der Waals surface area contributed by atoms with Crippen molar-refractivity contribution >= 4 is 33.6 Å². The molecule has 0 saturated carbocycles. The molecule has 0 aliphatic heterocycles. The van der Waals surface area contributed by atoms with E-state index in [4.69, 9.17) is 4.74 Å². The normalized spacial score (nSPS) is 11.5. The molecule has 0 atom stereocenters. The number of sulfonamides is 1. The number of non-ortho nitro benzene ring substituents is 1. The lowest BCUT2D eigenvalue weighted by Crippen LogP contribution is -2.31. The van der Waals surface area contributed by atoms with E-state index < -0.39 is 20.9 Å². The van der Waals surface area contributed by atoms with Crippen molar-refractivity contribution in [1.82, 2.24) is 4.31 Å². The number of ether oxygens (including phenoxy) is 2. The lowest BCUT2D eigenvalue weighted by Gasteiger charge is -2.20. The highest BCUT2D eigenvalue weighted by Gasteiger charge is 2.27. The molecule has 0 heterocycles. The van der Waals surface area contributed by atoms with Crippen molar-refractivity contribution in [1.29, 1.82) is 0 Å². The van der Waals surface area contributed by atoms with Gasteiger partial charge in [-0.3, -0.25) is 15.5 Å². The van der Waals surface area contributed by atoms with E-state index in [1.807, 2.05) is 0 Å². The molecular formula is C26H28N4O7S. The van der Waals surface area contributed by atoms with Crippen LogP contribution in [0.15, 0.2) is 76.7 Å². The summed E-state index contributed by atoms with van der Waals surface area (Å²) in [6.45, 7) is 4.13. The van der Waals surface area contributed by atoms with Crippen LogP contribution in [0.2, 0.25) is 0 Å². The summed E-state index contributed by atoms with van der Waals surface area (Å²) in [4.78, 5) is 21.9. The molecule has 3 rings (SSSR count). The van der Waals surface area contributed by atoms with Gasteiger partial charge < -0.3 is 9.47 Å². The maximum absolute atomic E-state index is 13.1. The van der Waals surface area contributed by atoms with Crippen molar-refractivity contribution in [2.75, 3.05) is 25.6 Å². The SMILES string of the molecule is CCN(CC)S(=O)(=O)c1cc([N+](=O)[O-])ccc1N/N=C\c1ccc(OCc2ccc(C(=O)OC)cc2)cc1. The molecule has 0 aliphatic carbocycles. The highest BCUT2D eigenvalue weighted by Crippen LogP contribution is 2.29. The molecule has 11 nitrogen and oxygen atoms in total. The Kier molecular flexibility index (Phi) is 9.52. The van der Waals surface area contributed by atoms with Crippen LogP contribution in [0.25, 0.3) is 0 Å². The molecular weight excluding hydrogens is 512 g/mol. The summed E-state index contributed by atoms with van der Waals surface area (Å²) in [6.07, 6.45) is 1.49. The summed E-state index contributed by atoms with van der Waals surface area (Å²) in [5.41, 5.74) is 4.53. The van der Waals surface area contributed by atoms with E-state index in [-0.39, 0.29) is 29.4 Å². The summed E-state index contributed by atoms with van der Waals surface area (Å²) in [5.74, 6) is 0.217. The molecule has 0 spiro atoms. The average molecular weight is 541 g/mol. The number of hydrogen-bond donors (Lipinski definition) is 1. The fraction of sp³-hybridized carbons (Fsp3) is 0.231. The van der Waals surface area contributed by atoms with Crippen LogP contribution >= 0.6 is 0 Å². The van der Waals surface area contributed by atoms with Gasteiger partial charge in [-0.25, -0.2) is 13.2 Å². The second-order valence-corrected chi connectivity index (χ2v) is 9.85. The van der Waals surface area contributed by atoms with Gasteiger partial charge in [0.25, 0.3) is 5.69 Å². The molecule has 0 aromatic heterocycles. The lowest BCUT2D eigenvalue weighted by atomic mass is 10.1. The fourth-order valence-electron chi connectivity index (χ4n) is 3.48. The zero-order valence-electron chi connectivity index (χ0n) is 21.2. The van der Waals surface area contributed by atoms with Crippen molar-refractivity contribution in [3.05, 3.63) is 93.5 Å². The fourth-order valence-corrected chi connectivity index (χ4v) is 5.10. The molecule has 38 heavy (non-hydrogen) atoms. The predicted molar refractivity (Wildman–Crippen MR) is 143 cm³/mol. The Morgan fingerprint density at radius 3 is 2.29 bits per heavy atom. The molecule has 200 valence electrons. The number of nitro groups is 1. The molecule has 0 bridgehead atoms. The third-order valence-electron chi connectivity index (χ3n) is 5.56. The highest BCUT2D eigenvalue weighted by atomic mass is 32.2. The number of hydrogen-bond acceptors (Lipinski definition) is 9. The Morgan fingerprint density at radius 2 is 1.71 bits per heavy atom. The van der Waals surface area contributed by atoms with Crippen molar-refractivity contribution < 1.29 is 27.6 Å². The van der Waals surface area contributed by atoms with Crippen molar-refractivity contribution in [2.24, 2.45) is 5.10 Å². The first-order valence-corrected chi connectivity index (χ1v) is 13.1. The maximum Gasteiger partial charge on any atom is 0.337 e. The van der Waals surface area contributed by atoms with Gasteiger partial charge in [0.2, 0.25) is 10.0 Å². The largest absolute Gasteiger partial charge is 0.489 e. The molecule has 0 saturated heterocycles. The maximum atomic E-state index is 13.1. The predicted octanol–water partition coefficient (Wildman–Crippen LogP) is 4.44. The Morgan fingerprint density at radius 1 is 1.05 bits per heavy atom. The second-order valence-electron chi connectivity index (χ2n) is 7.94. The number of nitrogens with zero attached hydrogens (tertiary/aromatic N) is 3. The van der Waals surface area contributed by atoms with Gasteiger partial charge in [0.15, 0.2) is 0 Å². The minimum Gasteiger partial charge on any atom is -0.489 e. The standard InChI is InChI=1S/C26H28N4O7S/c1-4-29(5-2)38(34,35)25-16-22(30(32)33)12-15-24(25)28-27-17-19-8-13-23(14-9-19)37-18-20-6-10-21(11-7-20)26(31)36-3/h6-17,28H,4-5,18H2,1-3H3/b27-17-. The van der Waals surface area contributed by atoms with Gasteiger partial charge in [0.05, 0.1) is 29.5 Å². The summed E-state index contributed by atoms with van der Waals surface area (Å²) < 4.78 is 37.8. The number of esters is 1. The lowest BCUT2D eigenvalue weighted by molar-refractivity contribution is -0.385. The third kappa shape index (κ3) is 6.93. The van der Waals surface area contributed by atoms with Gasteiger partial charge in [-0.15, -0.1) is 0 Å². The first-order valence-electron chi connectivity index (χ1n) is 11.7. The number of rotatable bonds is 12. The molecule has 12 heteroatoms. The summed E-state index contributed by atoms with van der Waals surface area (Å²) in [6, 6.07) is 17.5. The quantitative estimate of drug-likeness (QED) is 0.154. The van der Waals surface area contributed by atoms with E-state index in [1.54, 1.807) is 62.4 Å². The number of nitrogens with one attached hydrogen (secondary N) is 1. The molecule has 0 unspecified atom stereocenters. The minimum absolute atomic E-state index is 0.122. The van der Waals surface area contributed by atoms with E-state index in [2.05, 4.69) is 15.3 Å². The summed E-state index contributed by atoms with van der Waals surface area (Å²) in [7, 11) is -2.64. The van der Waals surface area contributed by atoms with Crippen LogP contribution in [0.1, 0.15) is 35.3 Å². The minimum atomic E-state index is -3.97. The van der Waals surface area contributed by atoms with Gasteiger partial charge in [0.1, 0.15) is 17.3 Å². The molecule has 1 N–H and O–H groups in total. The van der Waals surface area contributed by atoms with Crippen LogP contribution in [0, 0.1) is 10.1 Å². The number of methoxy groups -OCH3 is 1. The number of carbonyl (C=O) groups is 1. The van der Waals surface area contributed by atoms with E-state index in [9.17, 15) is 23.3 Å². The van der Waals surface area contributed by atoms with Gasteiger partial charge >= 0.3 is 5.97 Å². The number of carbonyl (C=O) groups excluding carboxylic acids is 1. The van der Waals surface area contributed by atoms with Gasteiger partial charge in [0, 0.05) is 25.2 Å². The summed E-state index contributed by atoms with van der Waals surface area (Å²) >= 11 is 0. The van der Waals surface area contributed by atoms with Crippen LogP contribution in [0.5, 0.6) is 5.75 Å². The average Bonchev–Trinajstić information content (AvgIpc) is 2.93. The molecule has 0 amide bonds. The smallest absolute Gasteiger partial charge is 0.337 e. The van der Waals surface area contributed by atoms with Crippen molar-refractivity contribution in [3.63, 3.8) is 0 Å². The van der Waals surface area contributed by atoms with Crippen LogP contribution in [0.4, 0.5) is 11.4 Å². The molecule has 0 fully saturated rings. The monoisotopic (exact) mass is 540 g/mol. The number of benzene rings is 3. The van der Waals surface area contributed by atoms with Gasteiger partial charge in [-0.2, -0.15) is 9.41 Å².